The first-order valence-electron chi connectivity index (χ1n) is 9.53. The first-order chi connectivity index (χ1) is 15.3. The van der Waals surface area contributed by atoms with Gasteiger partial charge in [0.1, 0.15) is 4.91 Å². The Kier molecular flexibility index (Phi) is 5.91. The largest absolute Gasteiger partial charge is 0.348 e. The third kappa shape index (κ3) is 4.19. The lowest BCUT2D eigenvalue weighted by atomic mass is 10.0. The molecule has 4 rings (SSSR count). The molecule has 0 bridgehead atoms. The van der Waals surface area contributed by atoms with E-state index in [-0.39, 0.29) is 34.0 Å². The maximum atomic E-state index is 13.6. The number of Topliss-reactive ketones (excluding diaryl/α,β-unsaturated/α-hetero) is 1. The SMILES string of the molecule is CN1c2ccc(C(=O)NCc3cccnc3)cc2C(=O)/C(=C\c2ccc(F)c(F)c2)S1=O. The number of hydrogen-bond acceptors (Lipinski definition) is 4. The van der Waals surface area contributed by atoms with Crippen molar-refractivity contribution in [1.82, 2.24) is 10.3 Å². The summed E-state index contributed by atoms with van der Waals surface area (Å²) in [6, 6.07) is 11.3. The van der Waals surface area contributed by atoms with E-state index in [2.05, 4.69) is 10.3 Å². The number of nitrogens with one attached hydrogen (secondary N) is 1. The molecule has 32 heavy (non-hydrogen) atoms. The maximum absolute atomic E-state index is 13.6. The Morgan fingerprint density at radius 2 is 1.97 bits per heavy atom. The lowest BCUT2D eigenvalue weighted by Crippen LogP contribution is -2.32. The van der Waals surface area contributed by atoms with Gasteiger partial charge in [-0.25, -0.2) is 13.0 Å². The molecule has 0 saturated heterocycles. The van der Waals surface area contributed by atoms with Crippen LogP contribution in [0.25, 0.3) is 6.08 Å². The summed E-state index contributed by atoms with van der Waals surface area (Å²) in [5.41, 5.74) is 1.87. The molecule has 1 N–H and O–H groups in total. The van der Waals surface area contributed by atoms with Crippen LogP contribution in [0.15, 0.2) is 65.8 Å². The highest BCUT2D eigenvalue weighted by Gasteiger charge is 2.32. The highest BCUT2D eigenvalue weighted by Crippen LogP contribution is 2.33. The summed E-state index contributed by atoms with van der Waals surface area (Å²) in [6.45, 7) is 0.267. The van der Waals surface area contributed by atoms with Gasteiger partial charge in [0.25, 0.3) is 5.91 Å². The molecule has 2 aromatic carbocycles. The zero-order chi connectivity index (χ0) is 22.8. The third-order valence-electron chi connectivity index (χ3n) is 4.92. The molecular weight excluding hydrogens is 436 g/mol. The molecule has 9 heteroatoms. The standard InChI is InChI=1S/C23H17F2N3O3S/c1-28-20-7-5-16(23(30)27-13-15-3-2-8-26-12-15)11-17(20)22(29)21(32(28)31)10-14-4-6-18(24)19(25)9-14/h2-12H,13H2,1H3,(H,27,30)/b21-10+. The number of rotatable bonds is 4. The molecule has 0 radical (unpaired) electrons. The van der Waals surface area contributed by atoms with Gasteiger partial charge in [-0.2, -0.15) is 0 Å². The fraction of sp³-hybridized carbons (Fsp3) is 0.0870. The van der Waals surface area contributed by atoms with Crippen LogP contribution >= 0.6 is 0 Å². The van der Waals surface area contributed by atoms with Gasteiger partial charge in [-0.3, -0.25) is 18.9 Å². The van der Waals surface area contributed by atoms with Crippen molar-refractivity contribution in [3.05, 3.63) is 99.7 Å². The predicted molar refractivity (Wildman–Crippen MR) is 117 cm³/mol. The van der Waals surface area contributed by atoms with Gasteiger partial charge in [-0.15, -0.1) is 0 Å². The number of pyridine rings is 1. The molecule has 3 aromatic rings. The second-order valence-electron chi connectivity index (χ2n) is 7.03. The van der Waals surface area contributed by atoms with Gasteiger partial charge in [0.05, 0.1) is 5.69 Å². The number of fused-ring (bicyclic) bond motifs is 1. The van der Waals surface area contributed by atoms with E-state index in [4.69, 9.17) is 0 Å². The number of hydrogen-bond donors (Lipinski definition) is 1. The Labute approximate surface area is 185 Å². The number of ketones is 1. The van der Waals surface area contributed by atoms with E-state index < -0.39 is 28.4 Å². The third-order valence-corrected chi connectivity index (χ3v) is 6.29. The van der Waals surface area contributed by atoms with Gasteiger partial charge in [0, 0.05) is 37.1 Å². The first-order valence-corrected chi connectivity index (χ1v) is 10.6. The topological polar surface area (TPSA) is 79.4 Å². The van der Waals surface area contributed by atoms with E-state index in [1.165, 1.54) is 22.5 Å². The van der Waals surface area contributed by atoms with Crippen molar-refractivity contribution >= 4 is 34.4 Å². The van der Waals surface area contributed by atoms with E-state index in [9.17, 15) is 22.6 Å². The molecule has 0 spiro atoms. The first kappa shape index (κ1) is 21.5. The quantitative estimate of drug-likeness (QED) is 0.612. The van der Waals surface area contributed by atoms with E-state index in [1.54, 1.807) is 37.6 Å². The van der Waals surface area contributed by atoms with E-state index in [0.717, 1.165) is 17.7 Å². The number of benzene rings is 2. The minimum atomic E-state index is -1.85. The van der Waals surface area contributed by atoms with Gasteiger partial charge in [-0.1, -0.05) is 12.1 Å². The van der Waals surface area contributed by atoms with Crippen molar-refractivity contribution < 1.29 is 22.6 Å². The summed E-state index contributed by atoms with van der Waals surface area (Å²) < 4.78 is 41.0. The normalized spacial score (nSPS) is 16.7. The van der Waals surface area contributed by atoms with Crippen molar-refractivity contribution in [2.24, 2.45) is 0 Å². The molecule has 162 valence electrons. The summed E-state index contributed by atoms with van der Waals surface area (Å²) in [7, 11) is -0.307. The number of allylic oxidation sites excluding steroid dienone is 1. The van der Waals surface area contributed by atoms with Crippen LogP contribution in [0, 0.1) is 11.6 Å². The van der Waals surface area contributed by atoms with Gasteiger partial charge in [0.15, 0.2) is 22.6 Å². The molecule has 2 heterocycles. The summed E-state index contributed by atoms with van der Waals surface area (Å²) in [5.74, 6) is -3.03. The van der Waals surface area contributed by atoms with Crippen LogP contribution < -0.4 is 9.62 Å². The minimum Gasteiger partial charge on any atom is -0.348 e. The van der Waals surface area contributed by atoms with E-state index in [1.807, 2.05) is 6.07 Å². The molecule has 1 aliphatic rings. The van der Waals surface area contributed by atoms with Crippen molar-refractivity contribution in [2.75, 3.05) is 11.4 Å². The second-order valence-corrected chi connectivity index (χ2v) is 8.52. The fourth-order valence-electron chi connectivity index (χ4n) is 3.24. The molecule has 1 aliphatic heterocycles. The summed E-state index contributed by atoms with van der Waals surface area (Å²) >= 11 is 0. The smallest absolute Gasteiger partial charge is 0.251 e. The molecular formula is C23H17F2N3O3S. The molecule has 1 unspecified atom stereocenters. The van der Waals surface area contributed by atoms with Crippen molar-refractivity contribution in [3.63, 3.8) is 0 Å². The summed E-state index contributed by atoms with van der Waals surface area (Å²) in [5, 5.41) is 2.76. The average Bonchev–Trinajstić information content (AvgIpc) is 2.81. The summed E-state index contributed by atoms with van der Waals surface area (Å²) in [4.78, 5) is 29.6. The van der Waals surface area contributed by atoms with Crippen LogP contribution in [0.4, 0.5) is 14.5 Å². The highest BCUT2D eigenvalue weighted by atomic mass is 32.2. The molecule has 1 aromatic heterocycles. The van der Waals surface area contributed by atoms with Crippen molar-refractivity contribution in [2.45, 2.75) is 6.54 Å². The van der Waals surface area contributed by atoms with Crippen molar-refractivity contribution in [3.8, 4) is 0 Å². The van der Waals surface area contributed by atoms with Crippen LogP contribution in [0.3, 0.4) is 0 Å². The Bertz CT molecular complexity index is 1280. The van der Waals surface area contributed by atoms with E-state index >= 15 is 0 Å². The van der Waals surface area contributed by atoms with Crippen LogP contribution in [-0.4, -0.2) is 27.9 Å². The average molecular weight is 453 g/mol. The Morgan fingerprint density at radius 3 is 2.69 bits per heavy atom. The van der Waals surface area contributed by atoms with Crippen molar-refractivity contribution in [1.29, 1.82) is 0 Å². The highest BCUT2D eigenvalue weighted by molar-refractivity contribution is 7.91. The van der Waals surface area contributed by atoms with Gasteiger partial charge < -0.3 is 5.32 Å². The number of amides is 1. The van der Waals surface area contributed by atoms with Crippen LogP contribution in [0.2, 0.25) is 0 Å². The van der Waals surface area contributed by atoms with Crippen LogP contribution in [-0.2, 0) is 17.5 Å². The van der Waals surface area contributed by atoms with Gasteiger partial charge in [0.2, 0.25) is 5.78 Å². The fourth-order valence-corrected chi connectivity index (χ4v) is 4.38. The van der Waals surface area contributed by atoms with Gasteiger partial charge in [-0.05, 0) is 53.6 Å². The second kappa shape index (κ2) is 8.80. The predicted octanol–water partition coefficient (Wildman–Crippen LogP) is 3.63. The minimum absolute atomic E-state index is 0.0982. The molecule has 0 fully saturated rings. The molecule has 1 atom stereocenters. The number of carbonyl (C=O) groups excluding carboxylic acids is 2. The molecule has 1 amide bonds. The Hall–Kier alpha value is -3.72. The number of halogens is 2. The lowest BCUT2D eigenvalue weighted by Gasteiger charge is -2.27. The maximum Gasteiger partial charge on any atom is 0.251 e. The zero-order valence-corrected chi connectivity index (χ0v) is 17.7. The number of carbonyl (C=O) groups is 2. The monoisotopic (exact) mass is 453 g/mol. The number of anilines is 1. The zero-order valence-electron chi connectivity index (χ0n) is 16.8. The van der Waals surface area contributed by atoms with E-state index in [0.29, 0.717) is 5.69 Å². The van der Waals surface area contributed by atoms with Gasteiger partial charge >= 0.3 is 0 Å². The number of aromatic nitrogens is 1. The Balaban J connectivity index is 1.64. The molecule has 6 nitrogen and oxygen atoms in total. The molecule has 0 aliphatic carbocycles. The van der Waals surface area contributed by atoms with Crippen LogP contribution in [0.1, 0.15) is 31.8 Å². The Morgan fingerprint density at radius 1 is 1.16 bits per heavy atom. The number of nitrogens with zero attached hydrogens (tertiary/aromatic N) is 2. The van der Waals surface area contributed by atoms with Crippen LogP contribution in [0.5, 0.6) is 0 Å². The summed E-state index contributed by atoms with van der Waals surface area (Å²) in [6.07, 6.45) is 4.53. The molecule has 0 saturated carbocycles. The lowest BCUT2D eigenvalue weighted by molar-refractivity contribution is 0.0951.